The fourth-order valence-corrected chi connectivity index (χ4v) is 1.07. The maximum atomic E-state index is 11.3. The van der Waals surface area contributed by atoms with Crippen molar-refractivity contribution in [3.05, 3.63) is 35.9 Å². The van der Waals surface area contributed by atoms with Gasteiger partial charge in [0, 0.05) is 0 Å². The number of amides is 1. The zero-order chi connectivity index (χ0) is 12.0. The zero-order valence-electron chi connectivity index (χ0n) is 9.51. The number of ether oxygens (including phenoxy) is 1. The van der Waals surface area contributed by atoms with Crippen molar-refractivity contribution < 1.29 is 14.6 Å². The second kappa shape index (κ2) is 6.12. The SMILES string of the molecule is CC(O)C(C)NC(=O)OCc1ccccc1. The van der Waals surface area contributed by atoms with E-state index in [4.69, 9.17) is 4.74 Å². The molecule has 0 aliphatic heterocycles. The van der Waals surface area contributed by atoms with Gasteiger partial charge in [0.05, 0.1) is 12.1 Å². The third-order valence-electron chi connectivity index (χ3n) is 2.28. The lowest BCUT2D eigenvalue weighted by Gasteiger charge is -2.16. The van der Waals surface area contributed by atoms with Gasteiger partial charge in [0.15, 0.2) is 0 Å². The van der Waals surface area contributed by atoms with Crippen LogP contribution in [0.2, 0.25) is 0 Å². The lowest BCUT2D eigenvalue weighted by atomic mass is 10.2. The molecule has 0 bridgehead atoms. The number of nitrogens with one attached hydrogen (secondary N) is 1. The summed E-state index contributed by atoms with van der Waals surface area (Å²) in [6.45, 7) is 3.57. The van der Waals surface area contributed by atoms with Gasteiger partial charge < -0.3 is 15.2 Å². The third-order valence-corrected chi connectivity index (χ3v) is 2.28. The second-order valence-corrected chi connectivity index (χ2v) is 3.74. The fourth-order valence-electron chi connectivity index (χ4n) is 1.07. The van der Waals surface area contributed by atoms with Gasteiger partial charge >= 0.3 is 6.09 Å². The average Bonchev–Trinajstić information content (AvgIpc) is 2.27. The summed E-state index contributed by atoms with van der Waals surface area (Å²) in [6.07, 6.45) is -1.11. The summed E-state index contributed by atoms with van der Waals surface area (Å²) in [5.74, 6) is 0. The van der Waals surface area contributed by atoms with Crippen molar-refractivity contribution in [3.63, 3.8) is 0 Å². The van der Waals surface area contributed by atoms with Gasteiger partial charge in [0.25, 0.3) is 0 Å². The summed E-state index contributed by atoms with van der Waals surface area (Å²) < 4.78 is 4.99. The minimum atomic E-state index is -0.593. The molecular formula is C12H17NO3. The molecule has 2 unspecified atom stereocenters. The first kappa shape index (κ1) is 12.5. The number of aliphatic hydroxyl groups is 1. The van der Waals surface area contributed by atoms with E-state index >= 15 is 0 Å². The van der Waals surface area contributed by atoms with E-state index in [0.29, 0.717) is 0 Å². The number of hydrogen-bond donors (Lipinski definition) is 2. The molecule has 0 radical (unpaired) electrons. The zero-order valence-corrected chi connectivity index (χ0v) is 9.51. The summed E-state index contributed by atoms with van der Waals surface area (Å²) in [4.78, 5) is 11.3. The lowest BCUT2D eigenvalue weighted by molar-refractivity contribution is 0.113. The van der Waals surface area contributed by atoms with Crippen LogP contribution in [0.1, 0.15) is 19.4 Å². The summed E-state index contributed by atoms with van der Waals surface area (Å²) in [7, 11) is 0. The van der Waals surface area contributed by atoms with Crippen molar-refractivity contribution in [3.8, 4) is 0 Å². The minimum absolute atomic E-state index is 0.235. The van der Waals surface area contributed by atoms with Crippen LogP contribution < -0.4 is 5.32 Å². The van der Waals surface area contributed by atoms with Crippen LogP contribution in [0.15, 0.2) is 30.3 Å². The topological polar surface area (TPSA) is 58.6 Å². The van der Waals surface area contributed by atoms with E-state index in [1.165, 1.54) is 0 Å². The van der Waals surface area contributed by atoms with Crippen molar-refractivity contribution in [2.45, 2.75) is 32.6 Å². The Morgan fingerprint density at radius 2 is 2.00 bits per heavy atom. The number of rotatable bonds is 4. The number of hydrogen-bond acceptors (Lipinski definition) is 3. The van der Waals surface area contributed by atoms with E-state index in [1.807, 2.05) is 30.3 Å². The van der Waals surface area contributed by atoms with Gasteiger partial charge in [0.2, 0.25) is 0 Å². The third kappa shape index (κ3) is 4.31. The van der Waals surface area contributed by atoms with Gasteiger partial charge in [-0.2, -0.15) is 0 Å². The molecule has 4 heteroatoms. The molecule has 16 heavy (non-hydrogen) atoms. The molecule has 0 fully saturated rings. The van der Waals surface area contributed by atoms with Crippen molar-refractivity contribution >= 4 is 6.09 Å². The maximum absolute atomic E-state index is 11.3. The largest absolute Gasteiger partial charge is 0.445 e. The Morgan fingerprint density at radius 1 is 1.38 bits per heavy atom. The highest BCUT2D eigenvalue weighted by molar-refractivity contribution is 5.67. The number of aliphatic hydroxyl groups excluding tert-OH is 1. The van der Waals surface area contributed by atoms with E-state index in [-0.39, 0.29) is 12.6 Å². The van der Waals surface area contributed by atoms with Gasteiger partial charge in [-0.15, -0.1) is 0 Å². The van der Waals surface area contributed by atoms with Crippen molar-refractivity contribution in [2.75, 3.05) is 0 Å². The second-order valence-electron chi connectivity index (χ2n) is 3.74. The Kier molecular flexibility index (Phi) is 4.79. The number of alkyl carbamates (subject to hydrolysis) is 1. The Labute approximate surface area is 95.2 Å². The Balaban J connectivity index is 2.31. The van der Waals surface area contributed by atoms with Crippen LogP contribution in [-0.4, -0.2) is 23.3 Å². The Hall–Kier alpha value is -1.55. The van der Waals surface area contributed by atoms with E-state index in [0.717, 1.165) is 5.56 Å². The highest BCUT2D eigenvalue weighted by Gasteiger charge is 2.12. The molecule has 0 aromatic heterocycles. The van der Waals surface area contributed by atoms with Crippen LogP contribution in [0.5, 0.6) is 0 Å². The molecule has 1 aromatic rings. The monoisotopic (exact) mass is 223 g/mol. The Bertz CT molecular complexity index is 324. The molecule has 1 rings (SSSR count). The maximum Gasteiger partial charge on any atom is 0.407 e. The van der Waals surface area contributed by atoms with Crippen molar-refractivity contribution in [1.29, 1.82) is 0 Å². The molecule has 88 valence electrons. The molecule has 1 aromatic carbocycles. The molecule has 0 heterocycles. The standard InChI is InChI=1S/C12H17NO3/c1-9(10(2)14)13-12(15)16-8-11-6-4-3-5-7-11/h3-7,9-10,14H,8H2,1-2H3,(H,13,15). The molecule has 4 nitrogen and oxygen atoms in total. The van der Waals surface area contributed by atoms with Gasteiger partial charge in [-0.3, -0.25) is 0 Å². The molecule has 1 amide bonds. The minimum Gasteiger partial charge on any atom is -0.445 e. The van der Waals surface area contributed by atoms with E-state index < -0.39 is 12.2 Å². The number of benzene rings is 1. The first-order valence-corrected chi connectivity index (χ1v) is 5.25. The average molecular weight is 223 g/mol. The lowest BCUT2D eigenvalue weighted by Crippen LogP contribution is -2.39. The molecule has 0 saturated carbocycles. The first-order chi connectivity index (χ1) is 7.59. The summed E-state index contributed by atoms with van der Waals surface area (Å²) >= 11 is 0. The van der Waals surface area contributed by atoms with Crippen LogP contribution in [-0.2, 0) is 11.3 Å². The summed E-state index contributed by atoms with van der Waals surface area (Å²) in [5.41, 5.74) is 0.933. The van der Waals surface area contributed by atoms with Gasteiger partial charge in [-0.05, 0) is 19.4 Å². The van der Waals surface area contributed by atoms with Crippen molar-refractivity contribution in [1.82, 2.24) is 5.32 Å². The van der Waals surface area contributed by atoms with E-state index in [1.54, 1.807) is 13.8 Å². The highest BCUT2D eigenvalue weighted by atomic mass is 16.5. The predicted octanol–water partition coefficient (Wildman–Crippen LogP) is 1.68. The Morgan fingerprint density at radius 3 is 2.56 bits per heavy atom. The quantitative estimate of drug-likeness (QED) is 0.816. The van der Waals surface area contributed by atoms with Crippen LogP contribution in [0.25, 0.3) is 0 Å². The summed E-state index contributed by atoms with van der Waals surface area (Å²) in [6, 6.07) is 9.11. The van der Waals surface area contributed by atoms with Crippen LogP contribution in [0, 0.1) is 0 Å². The highest BCUT2D eigenvalue weighted by Crippen LogP contribution is 2.01. The molecular weight excluding hydrogens is 206 g/mol. The normalized spacial score (nSPS) is 13.9. The molecule has 0 saturated heterocycles. The van der Waals surface area contributed by atoms with Crippen LogP contribution in [0.3, 0.4) is 0 Å². The van der Waals surface area contributed by atoms with E-state index in [2.05, 4.69) is 5.32 Å². The first-order valence-electron chi connectivity index (χ1n) is 5.25. The molecule has 0 aliphatic rings. The smallest absolute Gasteiger partial charge is 0.407 e. The van der Waals surface area contributed by atoms with Gasteiger partial charge in [-0.1, -0.05) is 30.3 Å². The van der Waals surface area contributed by atoms with Crippen molar-refractivity contribution in [2.24, 2.45) is 0 Å². The molecule has 2 atom stereocenters. The fraction of sp³-hybridized carbons (Fsp3) is 0.417. The van der Waals surface area contributed by atoms with Gasteiger partial charge in [0.1, 0.15) is 6.61 Å². The van der Waals surface area contributed by atoms with Gasteiger partial charge in [-0.25, -0.2) is 4.79 Å². The number of carbonyl (C=O) groups is 1. The predicted molar refractivity (Wildman–Crippen MR) is 60.9 cm³/mol. The van der Waals surface area contributed by atoms with Crippen LogP contribution >= 0.6 is 0 Å². The molecule has 2 N–H and O–H groups in total. The molecule has 0 aliphatic carbocycles. The van der Waals surface area contributed by atoms with Crippen LogP contribution in [0.4, 0.5) is 4.79 Å². The van der Waals surface area contributed by atoms with E-state index in [9.17, 15) is 9.90 Å². The number of carbonyl (C=O) groups excluding carboxylic acids is 1. The molecule has 0 spiro atoms. The summed E-state index contributed by atoms with van der Waals surface area (Å²) in [5, 5.41) is 11.7.